The molecule has 1 aliphatic heterocycles. The molecule has 7 heteroatoms. The van der Waals surface area contributed by atoms with Crippen LogP contribution < -0.4 is 11.0 Å². The van der Waals surface area contributed by atoms with Gasteiger partial charge in [-0.3, -0.25) is 9.88 Å². The molecule has 0 bridgehead atoms. The lowest BCUT2D eigenvalue weighted by molar-refractivity contribution is 0.221. The Morgan fingerprint density at radius 3 is 2.90 bits per heavy atom. The number of piperidine rings is 1. The van der Waals surface area contributed by atoms with Gasteiger partial charge in [-0.25, -0.2) is 9.89 Å². The molecule has 0 amide bonds. The van der Waals surface area contributed by atoms with E-state index in [4.69, 9.17) is 0 Å². The Labute approximate surface area is 127 Å². The number of thiophene rings is 1. The van der Waals surface area contributed by atoms with Crippen LogP contribution in [0.15, 0.2) is 16.2 Å². The molecule has 0 aromatic carbocycles. The zero-order valence-corrected chi connectivity index (χ0v) is 12.8. The summed E-state index contributed by atoms with van der Waals surface area (Å²) in [6.45, 7) is 4.91. The summed E-state index contributed by atoms with van der Waals surface area (Å²) in [7, 11) is 0. The Hall–Kier alpha value is -1.44. The standard InChI is InChI=1S/C14H21N5OS/c20-14-16-13(17-18-14)8-15-7-12-6-11(10-21-12)9-19-4-2-1-3-5-19/h6,10,15H,1-5,7-9H2,(H2,16,17,18,20). The van der Waals surface area contributed by atoms with E-state index in [0.717, 1.165) is 13.1 Å². The van der Waals surface area contributed by atoms with E-state index in [2.05, 4.69) is 36.8 Å². The van der Waals surface area contributed by atoms with Gasteiger partial charge in [0.25, 0.3) is 0 Å². The number of likely N-dealkylation sites (tertiary alicyclic amines) is 1. The second-order valence-electron chi connectivity index (χ2n) is 5.49. The van der Waals surface area contributed by atoms with Crippen molar-refractivity contribution in [2.24, 2.45) is 0 Å². The first-order valence-electron chi connectivity index (χ1n) is 7.42. The van der Waals surface area contributed by atoms with Gasteiger partial charge in [-0.1, -0.05) is 6.42 Å². The highest BCUT2D eigenvalue weighted by molar-refractivity contribution is 7.10. The second kappa shape index (κ2) is 7.02. The first-order valence-corrected chi connectivity index (χ1v) is 8.30. The molecule has 2 aromatic rings. The van der Waals surface area contributed by atoms with Gasteiger partial charge in [-0.2, -0.15) is 5.10 Å². The zero-order chi connectivity index (χ0) is 14.5. The molecule has 0 aliphatic carbocycles. The van der Waals surface area contributed by atoms with Crippen molar-refractivity contribution < 1.29 is 0 Å². The maximum atomic E-state index is 10.9. The molecular weight excluding hydrogens is 286 g/mol. The fourth-order valence-electron chi connectivity index (χ4n) is 2.67. The third-order valence-electron chi connectivity index (χ3n) is 3.70. The van der Waals surface area contributed by atoms with E-state index < -0.39 is 0 Å². The average molecular weight is 307 g/mol. The van der Waals surface area contributed by atoms with E-state index >= 15 is 0 Å². The molecule has 21 heavy (non-hydrogen) atoms. The lowest BCUT2D eigenvalue weighted by Gasteiger charge is -2.25. The van der Waals surface area contributed by atoms with Gasteiger partial charge in [0, 0.05) is 18.0 Å². The first kappa shape index (κ1) is 14.5. The molecule has 0 spiro atoms. The van der Waals surface area contributed by atoms with E-state index in [-0.39, 0.29) is 5.69 Å². The van der Waals surface area contributed by atoms with Crippen molar-refractivity contribution in [2.75, 3.05) is 13.1 Å². The quantitative estimate of drug-likeness (QED) is 0.754. The van der Waals surface area contributed by atoms with Crippen molar-refractivity contribution in [2.45, 2.75) is 38.9 Å². The van der Waals surface area contributed by atoms with Gasteiger partial charge in [0.15, 0.2) is 0 Å². The van der Waals surface area contributed by atoms with E-state index in [1.165, 1.54) is 42.8 Å². The molecule has 3 N–H and O–H groups in total. The maximum Gasteiger partial charge on any atom is 0.340 e. The molecule has 1 aliphatic rings. The Morgan fingerprint density at radius 1 is 1.29 bits per heavy atom. The van der Waals surface area contributed by atoms with Crippen LogP contribution in [0, 0.1) is 0 Å². The van der Waals surface area contributed by atoms with Crippen LogP contribution in [0.3, 0.4) is 0 Å². The van der Waals surface area contributed by atoms with E-state index in [1.807, 2.05) is 0 Å². The highest BCUT2D eigenvalue weighted by Gasteiger charge is 2.11. The lowest BCUT2D eigenvalue weighted by Crippen LogP contribution is -2.28. The number of rotatable bonds is 6. The molecule has 1 saturated heterocycles. The highest BCUT2D eigenvalue weighted by atomic mass is 32.1. The molecule has 3 rings (SSSR count). The maximum absolute atomic E-state index is 10.9. The molecular formula is C14H21N5OS. The van der Waals surface area contributed by atoms with Crippen molar-refractivity contribution in [3.8, 4) is 0 Å². The minimum Gasteiger partial charge on any atom is -0.305 e. The van der Waals surface area contributed by atoms with E-state index in [9.17, 15) is 4.79 Å². The fraction of sp³-hybridized carbons (Fsp3) is 0.571. The monoisotopic (exact) mass is 307 g/mol. The first-order chi connectivity index (χ1) is 10.3. The van der Waals surface area contributed by atoms with Crippen LogP contribution >= 0.6 is 11.3 Å². The summed E-state index contributed by atoms with van der Waals surface area (Å²) in [6.07, 6.45) is 4.05. The van der Waals surface area contributed by atoms with E-state index in [0.29, 0.717) is 12.4 Å². The van der Waals surface area contributed by atoms with Crippen LogP contribution in [-0.2, 0) is 19.6 Å². The smallest absolute Gasteiger partial charge is 0.305 e. The summed E-state index contributed by atoms with van der Waals surface area (Å²) in [5.41, 5.74) is 1.15. The lowest BCUT2D eigenvalue weighted by atomic mass is 10.1. The number of hydrogen-bond donors (Lipinski definition) is 3. The Kier molecular flexibility index (Phi) is 4.84. The highest BCUT2D eigenvalue weighted by Crippen LogP contribution is 2.18. The normalized spacial score (nSPS) is 16.4. The molecule has 2 aromatic heterocycles. The molecule has 1 fully saturated rings. The minimum absolute atomic E-state index is 0.258. The van der Waals surface area contributed by atoms with Gasteiger partial charge in [0.1, 0.15) is 5.82 Å². The fourth-order valence-corrected chi connectivity index (χ4v) is 3.52. The largest absolute Gasteiger partial charge is 0.340 e. The molecule has 114 valence electrons. The molecule has 3 heterocycles. The number of aromatic nitrogens is 3. The third kappa shape index (κ3) is 4.26. The predicted octanol–water partition coefficient (Wildman–Crippen LogP) is 1.44. The third-order valence-corrected chi connectivity index (χ3v) is 4.69. The second-order valence-corrected chi connectivity index (χ2v) is 6.48. The van der Waals surface area contributed by atoms with Crippen LogP contribution in [0.1, 0.15) is 35.5 Å². The van der Waals surface area contributed by atoms with Crippen LogP contribution in [-0.4, -0.2) is 33.2 Å². The Balaban J connectivity index is 1.45. The molecule has 0 unspecified atom stereocenters. The number of hydrogen-bond acceptors (Lipinski definition) is 5. The van der Waals surface area contributed by atoms with Crippen molar-refractivity contribution in [1.82, 2.24) is 25.4 Å². The van der Waals surface area contributed by atoms with Crippen LogP contribution in [0.4, 0.5) is 0 Å². The summed E-state index contributed by atoms with van der Waals surface area (Å²) in [5, 5.41) is 11.8. The minimum atomic E-state index is -0.258. The summed E-state index contributed by atoms with van der Waals surface area (Å²) in [4.78, 5) is 17.4. The van der Waals surface area contributed by atoms with Gasteiger partial charge in [0.2, 0.25) is 0 Å². The van der Waals surface area contributed by atoms with Crippen LogP contribution in [0.2, 0.25) is 0 Å². The van der Waals surface area contributed by atoms with E-state index in [1.54, 1.807) is 11.3 Å². The van der Waals surface area contributed by atoms with Gasteiger partial charge < -0.3 is 5.32 Å². The number of nitrogens with zero attached hydrogens (tertiary/aromatic N) is 2. The summed E-state index contributed by atoms with van der Waals surface area (Å²) >= 11 is 1.79. The molecule has 0 saturated carbocycles. The van der Waals surface area contributed by atoms with Gasteiger partial charge in [-0.15, -0.1) is 11.3 Å². The summed E-state index contributed by atoms with van der Waals surface area (Å²) in [6, 6.07) is 2.28. The topological polar surface area (TPSA) is 76.8 Å². The predicted molar refractivity (Wildman–Crippen MR) is 83.2 cm³/mol. The van der Waals surface area contributed by atoms with Crippen LogP contribution in [0.25, 0.3) is 0 Å². The molecule has 6 nitrogen and oxygen atoms in total. The SMILES string of the molecule is O=c1[nH]nc(CNCc2cc(CN3CCCCC3)cs2)[nH]1. The van der Waals surface area contributed by atoms with Gasteiger partial charge in [-0.05, 0) is 42.9 Å². The average Bonchev–Trinajstić information content (AvgIpc) is 3.10. The summed E-state index contributed by atoms with van der Waals surface area (Å²) in [5.74, 6) is 0.644. The number of aromatic amines is 2. The Bertz CT molecular complexity index is 611. The summed E-state index contributed by atoms with van der Waals surface area (Å²) < 4.78 is 0. The molecule has 0 radical (unpaired) electrons. The van der Waals surface area contributed by atoms with Crippen molar-refractivity contribution in [1.29, 1.82) is 0 Å². The molecule has 0 atom stereocenters. The van der Waals surface area contributed by atoms with Crippen molar-refractivity contribution in [3.05, 3.63) is 38.2 Å². The van der Waals surface area contributed by atoms with Gasteiger partial charge in [0.05, 0.1) is 6.54 Å². The van der Waals surface area contributed by atoms with Crippen molar-refractivity contribution >= 4 is 11.3 Å². The van der Waals surface area contributed by atoms with Crippen LogP contribution in [0.5, 0.6) is 0 Å². The Morgan fingerprint density at radius 2 is 2.14 bits per heavy atom. The van der Waals surface area contributed by atoms with Crippen molar-refractivity contribution in [3.63, 3.8) is 0 Å². The number of nitrogens with one attached hydrogen (secondary N) is 3. The zero-order valence-electron chi connectivity index (χ0n) is 12.0. The van der Waals surface area contributed by atoms with Gasteiger partial charge >= 0.3 is 5.69 Å². The number of H-pyrrole nitrogens is 2.